The summed E-state index contributed by atoms with van der Waals surface area (Å²) >= 11 is 0. The van der Waals surface area contributed by atoms with Crippen LogP contribution in [0, 0.1) is 0 Å². The van der Waals surface area contributed by atoms with Crippen LogP contribution < -0.4 is 0 Å². The molecule has 1 aliphatic carbocycles. The van der Waals surface area contributed by atoms with Gasteiger partial charge in [0.2, 0.25) is 0 Å². The van der Waals surface area contributed by atoms with Crippen LogP contribution in [0.4, 0.5) is 0 Å². The topological polar surface area (TPSA) is 84.8 Å². The molecule has 1 fully saturated rings. The van der Waals surface area contributed by atoms with Crippen LogP contribution >= 0.6 is 0 Å². The quantitative estimate of drug-likeness (QED) is 0.105. The van der Waals surface area contributed by atoms with Crippen LogP contribution in [0.15, 0.2) is 0 Å². The van der Waals surface area contributed by atoms with E-state index in [1.54, 1.807) is 0 Å². The zero-order chi connectivity index (χ0) is 31.1. The first-order valence-electron chi connectivity index (χ1n) is 15.1. The van der Waals surface area contributed by atoms with Gasteiger partial charge in [0.1, 0.15) is 0 Å². The zero-order valence-corrected chi connectivity index (χ0v) is 34.5. The monoisotopic (exact) mass is 672 g/mol. The van der Waals surface area contributed by atoms with Crippen molar-refractivity contribution in [2.75, 3.05) is 39.6 Å². The number of ether oxygens (including phenoxy) is 3. The first-order chi connectivity index (χ1) is 17.9. The van der Waals surface area contributed by atoms with E-state index in [1.807, 2.05) is 0 Å². The molecule has 0 aromatic rings. The third-order valence-corrected chi connectivity index (χ3v) is 26.1. The molecule has 1 aliphatic rings. The van der Waals surface area contributed by atoms with E-state index in [-0.39, 0.29) is 12.1 Å². The Morgan fingerprint density at radius 1 is 0.625 bits per heavy atom. The van der Waals surface area contributed by atoms with Crippen molar-refractivity contribution >= 4 is 50.4 Å². The summed E-state index contributed by atoms with van der Waals surface area (Å²) in [4.78, 5) is 0. The van der Waals surface area contributed by atoms with Crippen molar-refractivity contribution in [1.82, 2.24) is 0 Å². The first kappa shape index (κ1) is 39.0. The lowest BCUT2D eigenvalue weighted by Crippen LogP contribution is -2.66. The molecule has 0 saturated heterocycles. The first-order valence-corrected chi connectivity index (χ1v) is 33.7. The molecule has 2 atom stereocenters. The molecule has 0 spiro atoms. The molecular weight excluding hydrogens is 609 g/mol. The van der Waals surface area contributed by atoms with Crippen LogP contribution in [0.1, 0.15) is 19.3 Å². The molecular formula is C26H64O8Si6. The van der Waals surface area contributed by atoms with Crippen molar-refractivity contribution in [3.63, 3.8) is 0 Å². The Hall–Kier alpha value is 0.981. The van der Waals surface area contributed by atoms with Gasteiger partial charge in [0.05, 0.1) is 38.6 Å². The highest BCUT2D eigenvalue weighted by molar-refractivity contribution is 6.89. The minimum atomic E-state index is -2.59. The van der Waals surface area contributed by atoms with E-state index >= 15 is 0 Å². The van der Waals surface area contributed by atoms with Gasteiger partial charge in [0.15, 0.2) is 33.3 Å². The molecule has 14 heteroatoms. The Balaban J connectivity index is 3.10. The molecule has 240 valence electrons. The third kappa shape index (κ3) is 15.1. The standard InChI is InChI=1S/C26H64O8Si6/c1-35(2,3)31-39(13,32-36(4,5)6)23-15-19-30-26(24-29-22-21-28-20-18-27)17-16-25(26)40(14,33-37(7,8)9)34-38(10,11)12/h25,27H,15-24H2,1-14H3. The zero-order valence-electron chi connectivity index (χ0n) is 28.5. The second-order valence-electron chi connectivity index (χ2n) is 15.5. The van der Waals surface area contributed by atoms with Gasteiger partial charge in [0.25, 0.3) is 0 Å². The van der Waals surface area contributed by atoms with Gasteiger partial charge in [-0.3, -0.25) is 0 Å². The number of hydrogen-bond donors (Lipinski definition) is 1. The maximum Gasteiger partial charge on any atom is 0.320 e. The van der Waals surface area contributed by atoms with Crippen LogP contribution in [0.5, 0.6) is 0 Å². The van der Waals surface area contributed by atoms with Crippen molar-refractivity contribution in [1.29, 1.82) is 0 Å². The molecule has 0 bridgehead atoms. The highest BCUT2D eigenvalue weighted by atomic mass is 28.5. The van der Waals surface area contributed by atoms with E-state index in [4.69, 9.17) is 35.8 Å². The molecule has 0 aromatic heterocycles. The molecule has 8 nitrogen and oxygen atoms in total. The van der Waals surface area contributed by atoms with Crippen LogP contribution in [0.3, 0.4) is 0 Å². The average Bonchev–Trinajstić information content (AvgIpc) is 2.64. The molecule has 0 amide bonds. The number of aliphatic hydroxyl groups is 1. The van der Waals surface area contributed by atoms with Crippen molar-refractivity contribution in [2.45, 2.75) is 128 Å². The van der Waals surface area contributed by atoms with Gasteiger partial charge >= 0.3 is 17.1 Å². The second kappa shape index (κ2) is 15.3. The largest absolute Gasteiger partial charge is 0.437 e. The molecule has 1 saturated carbocycles. The van der Waals surface area contributed by atoms with Crippen LogP contribution in [-0.4, -0.2) is 101 Å². The summed E-state index contributed by atoms with van der Waals surface area (Å²) in [6.07, 6.45) is 2.87. The van der Waals surface area contributed by atoms with Crippen molar-refractivity contribution < 1.29 is 35.8 Å². The van der Waals surface area contributed by atoms with E-state index in [2.05, 4.69) is 91.7 Å². The third-order valence-electron chi connectivity index (χ3n) is 6.30. The molecule has 0 aromatic carbocycles. The smallest absolute Gasteiger partial charge is 0.320 e. The summed E-state index contributed by atoms with van der Waals surface area (Å²) in [5.74, 6) is 0. The summed E-state index contributed by atoms with van der Waals surface area (Å²) in [5.41, 5.74) is -0.217. The fourth-order valence-electron chi connectivity index (χ4n) is 5.73. The van der Waals surface area contributed by atoms with Crippen LogP contribution in [-0.2, 0) is 30.7 Å². The normalized spacial score (nSPS) is 21.5. The predicted molar refractivity (Wildman–Crippen MR) is 181 cm³/mol. The van der Waals surface area contributed by atoms with E-state index in [1.165, 1.54) is 0 Å². The van der Waals surface area contributed by atoms with Gasteiger partial charge in [-0.05, 0) is 117 Å². The molecule has 0 aliphatic heterocycles. The van der Waals surface area contributed by atoms with Gasteiger partial charge < -0.3 is 35.8 Å². The van der Waals surface area contributed by atoms with E-state index < -0.39 is 56.0 Å². The lowest BCUT2D eigenvalue weighted by Gasteiger charge is -2.56. The van der Waals surface area contributed by atoms with Crippen molar-refractivity contribution in [3.8, 4) is 0 Å². The molecule has 1 rings (SSSR count). The maximum atomic E-state index is 9.00. The highest BCUT2D eigenvalue weighted by Gasteiger charge is 2.61. The summed E-state index contributed by atoms with van der Waals surface area (Å²) in [6, 6.07) is 0.920. The Labute approximate surface area is 253 Å². The fourth-order valence-corrected chi connectivity index (χ4v) is 31.6. The Kier molecular flexibility index (Phi) is 14.9. The van der Waals surface area contributed by atoms with Gasteiger partial charge in [0, 0.05) is 12.1 Å². The Morgan fingerprint density at radius 3 is 1.50 bits per heavy atom. The summed E-state index contributed by atoms with van der Waals surface area (Å²) in [6.45, 7) is 34.0. The molecule has 0 radical (unpaired) electrons. The fraction of sp³-hybridized carbons (Fsp3) is 1.00. The summed E-state index contributed by atoms with van der Waals surface area (Å²) in [5, 5.41) is 9.00. The predicted octanol–water partition coefficient (Wildman–Crippen LogP) is 6.87. The van der Waals surface area contributed by atoms with Crippen molar-refractivity contribution in [2.24, 2.45) is 0 Å². The van der Waals surface area contributed by atoms with E-state index in [0.717, 1.165) is 25.3 Å². The van der Waals surface area contributed by atoms with Gasteiger partial charge in [-0.2, -0.15) is 0 Å². The van der Waals surface area contributed by atoms with E-state index in [9.17, 15) is 0 Å². The maximum absolute atomic E-state index is 9.00. The van der Waals surface area contributed by atoms with Crippen LogP contribution in [0.25, 0.3) is 0 Å². The molecule has 2 unspecified atom stereocenters. The lowest BCUT2D eigenvalue weighted by molar-refractivity contribution is -0.150. The van der Waals surface area contributed by atoms with Crippen LogP contribution in [0.2, 0.25) is 103 Å². The lowest BCUT2D eigenvalue weighted by atomic mass is 9.79. The molecule has 40 heavy (non-hydrogen) atoms. The minimum absolute atomic E-state index is 0.0200. The SMILES string of the molecule is C[Si](C)(C)O[Si](C)(CCCOC1(COCCOCCO)CCC1[Si](C)(O[Si](C)(C)C)O[Si](C)(C)C)O[Si](C)(C)C. The second-order valence-corrected chi connectivity index (χ2v) is 41.2. The molecule has 0 heterocycles. The summed E-state index contributed by atoms with van der Waals surface area (Å²) < 4.78 is 45.9. The minimum Gasteiger partial charge on any atom is -0.437 e. The van der Waals surface area contributed by atoms with E-state index in [0.29, 0.717) is 33.0 Å². The number of hydrogen-bond acceptors (Lipinski definition) is 8. The average molecular weight is 673 g/mol. The van der Waals surface area contributed by atoms with Gasteiger partial charge in [-0.25, -0.2) is 0 Å². The van der Waals surface area contributed by atoms with Gasteiger partial charge in [-0.1, -0.05) is 0 Å². The Morgan fingerprint density at radius 2 is 1.10 bits per heavy atom. The highest BCUT2D eigenvalue weighted by Crippen LogP contribution is 2.54. The summed E-state index contributed by atoms with van der Waals surface area (Å²) in [7, 11) is -12.1. The number of aliphatic hydroxyl groups excluding tert-OH is 1. The van der Waals surface area contributed by atoms with Crippen molar-refractivity contribution in [3.05, 3.63) is 0 Å². The number of rotatable bonds is 21. The molecule has 1 N–H and O–H groups in total. The van der Waals surface area contributed by atoms with Gasteiger partial charge in [-0.15, -0.1) is 0 Å². The Bertz CT molecular complexity index is 715.